The van der Waals surface area contributed by atoms with Gasteiger partial charge in [-0.3, -0.25) is 14.4 Å². The number of hydrogen-bond donors (Lipinski definition) is 0. The average Bonchev–Trinajstić information content (AvgIpc) is 3.22. The van der Waals surface area contributed by atoms with Gasteiger partial charge in [-0.1, -0.05) is 185 Å². The first-order valence-corrected chi connectivity index (χ1v) is 21.6. The van der Waals surface area contributed by atoms with Crippen LogP contribution in [0.2, 0.25) is 0 Å². The smallest absolute Gasteiger partial charge is 0.309 e. The summed E-state index contributed by atoms with van der Waals surface area (Å²) in [5.74, 6) is -1.24. The largest absolute Gasteiger partial charge is 0.462 e. The van der Waals surface area contributed by atoms with Crippen LogP contribution in [-0.2, 0) is 28.6 Å². The molecule has 0 saturated carbocycles. The number of rotatable bonds is 35. The predicted octanol–water partition coefficient (Wildman–Crippen LogP) is 13.9. The van der Waals surface area contributed by atoms with Crippen molar-refractivity contribution >= 4 is 17.9 Å². The lowest BCUT2D eigenvalue weighted by molar-refractivity contribution is -0.166. The third-order valence-electron chi connectivity index (χ3n) is 7.93. The van der Waals surface area contributed by atoms with Gasteiger partial charge in [-0.15, -0.1) is 0 Å². The van der Waals surface area contributed by atoms with Gasteiger partial charge in [0.1, 0.15) is 13.2 Å². The zero-order valence-electron chi connectivity index (χ0n) is 36.0. The van der Waals surface area contributed by atoms with Crippen LogP contribution in [0.3, 0.4) is 0 Å². The number of unbranched alkanes of at least 4 members (excludes halogenated alkanes) is 3. The molecule has 0 spiro atoms. The molecular weight excluding hydrogens is 721 g/mol. The molecule has 1 unspecified atom stereocenters. The second kappa shape index (κ2) is 44.7. The summed E-state index contributed by atoms with van der Waals surface area (Å²) < 4.78 is 16.4. The number of ether oxygens (including phenoxy) is 3. The van der Waals surface area contributed by atoms with Crippen molar-refractivity contribution in [3.63, 3.8) is 0 Å². The van der Waals surface area contributed by atoms with E-state index in [1.165, 1.54) is 0 Å². The van der Waals surface area contributed by atoms with Crippen molar-refractivity contribution in [1.82, 2.24) is 0 Å². The van der Waals surface area contributed by atoms with E-state index >= 15 is 0 Å². The number of carbonyl (C=O) groups is 3. The minimum atomic E-state index is -0.871. The van der Waals surface area contributed by atoms with Crippen LogP contribution >= 0.6 is 0 Å². The minimum absolute atomic E-state index is 0.104. The first-order valence-electron chi connectivity index (χ1n) is 21.6. The molecule has 0 heterocycles. The van der Waals surface area contributed by atoms with E-state index in [9.17, 15) is 14.4 Å². The van der Waals surface area contributed by atoms with Gasteiger partial charge in [0.2, 0.25) is 0 Å². The van der Waals surface area contributed by atoms with E-state index in [-0.39, 0.29) is 32.5 Å². The highest BCUT2D eigenvalue weighted by Crippen LogP contribution is 2.08. The topological polar surface area (TPSA) is 78.9 Å². The Morgan fingerprint density at radius 2 is 0.810 bits per heavy atom. The summed E-state index contributed by atoms with van der Waals surface area (Å²) in [7, 11) is 0. The van der Waals surface area contributed by atoms with Crippen LogP contribution in [0.15, 0.2) is 158 Å². The Morgan fingerprint density at radius 1 is 0.379 bits per heavy atom. The van der Waals surface area contributed by atoms with Gasteiger partial charge in [-0.25, -0.2) is 0 Å². The molecule has 58 heavy (non-hydrogen) atoms. The van der Waals surface area contributed by atoms with Crippen LogP contribution in [-0.4, -0.2) is 37.2 Å². The second-order valence-electron chi connectivity index (χ2n) is 13.2. The van der Waals surface area contributed by atoms with Crippen molar-refractivity contribution in [3.8, 4) is 0 Å². The molecule has 0 saturated heterocycles. The van der Waals surface area contributed by atoms with E-state index in [4.69, 9.17) is 14.2 Å². The maximum atomic E-state index is 12.7. The summed E-state index contributed by atoms with van der Waals surface area (Å²) in [6, 6.07) is 0. The van der Waals surface area contributed by atoms with Crippen molar-refractivity contribution in [1.29, 1.82) is 0 Å². The van der Waals surface area contributed by atoms with Crippen LogP contribution < -0.4 is 0 Å². The molecular formula is C52H74O6. The van der Waals surface area contributed by atoms with Gasteiger partial charge in [0, 0.05) is 12.8 Å². The van der Waals surface area contributed by atoms with Gasteiger partial charge in [0.05, 0.1) is 6.42 Å². The number of esters is 3. The summed E-state index contributed by atoms with van der Waals surface area (Å²) >= 11 is 0. The van der Waals surface area contributed by atoms with Crippen molar-refractivity contribution in [2.45, 2.75) is 136 Å². The van der Waals surface area contributed by atoms with Gasteiger partial charge in [0.15, 0.2) is 6.10 Å². The molecule has 318 valence electrons. The van der Waals surface area contributed by atoms with Crippen LogP contribution in [0.4, 0.5) is 0 Å². The Hall–Kier alpha value is -4.97. The Balaban J connectivity index is 4.68. The van der Waals surface area contributed by atoms with E-state index in [0.717, 1.165) is 77.0 Å². The molecule has 0 aromatic heterocycles. The lowest BCUT2D eigenvalue weighted by Gasteiger charge is -2.18. The van der Waals surface area contributed by atoms with E-state index in [0.29, 0.717) is 12.8 Å². The number of allylic oxidation sites excluding steroid dienone is 25. The Kier molecular flexibility index (Phi) is 40.9. The monoisotopic (exact) mass is 795 g/mol. The molecule has 0 aromatic rings. The van der Waals surface area contributed by atoms with Crippen molar-refractivity contribution in [2.24, 2.45) is 0 Å². The summed E-state index contributed by atoms with van der Waals surface area (Å²) in [6.07, 6.45) is 65.6. The SMILES string of the molecule is CC\C=C/C=C\C=C/C=C\C=C/CCCCCC(=O)OC(COC(=O)C/C=C\C/C=C\C/C=C\CC)COC(=O)CC/C=C\C/C=C\C/C=C\C/C=C\C/C=C\CC. The first kappa shape index (κ1) is 53.0. The van der Waals surface area contributed by atoms with Crippen LogP contribution in [0.25, 0.3) is 0 Å². The summed E-state index contributed by atoms with van der Waals surface area (Å²) in [5, 5.41) is 0. The third-order valence-corrected chi connectivity index (χ3v) is 7.93. The number of hydrogen-bond acceptors (Lipinski definition) is 6. The molecule has 0 fully saturated rings. The third kappa shape index (κ3) is 42.2. The predicted molar refractivity (Wildman–Crippen MR) is 246 cm³/mol. The van der Waals surface area contributed by atoms with Crippen LogP contribution in [0, 0.1) is 0 Å². The van der Waals surface area contributed by atoms with Crippen molar-refractivity contribution in [2.75, 3.05) is 13.2 Å². The van der Waals surface area contributed by atoms with Gasteiger partial charge in [0.25, 0.3) is 0 Å². The zero-order chi connectivity index (χ0) is 42.3. The lowest BCUT2D eigenvalue weighted by atomic mass is 10.1. The Labute approximate surface area is 352 Å². The fourth-order valence-corrected chi connectivity index (χ4v) is 4.80. The second-order valence-corrected chi connectivity index (χ2v) is 13.2. The molecule has 0 radical (unpaired) electrons. The van der Waals surface area contributed by atoms with Crippen molar-refractivity contribution < 1.29 is 28.6 Å². The highest BCUT2D eigenvalue weighted by Gasteiger charge is 2.19. The maximum absolute atomic E-state index is 12.7. The molecule has 0 amide bonds. The van der Waals surface area contributed by atoms with Gasteiger partial charge in [-0.05, 0) is 83.5 Å². The highest BCUT2D eigenvalue weighted by atomic mass is 16.6. The molecule has 6 heteroatoms. The molecule has 0 aliphatic rings. The fourth-order valence-electron chi connectivity index (χ4n) is 4.80. The molecule has 0 aromatic carbocycles. The first-order chi connectivity index (χ1) is 28.5. The van der Waals surface area contributed by atoms with E-state index in [1.807, 2.05) is 66.8 Å². The van der Waals surface area contributed by atoms with Crippen LogP contribution in [0.1, 0.15) is 130 Å². The molecule has 6 nitrogen and oxygen atoms in total. The molecule has 1 atom stereocenters. The summed E-state index contributed by atoms with van der Waals surface area (Å²) in [4.78, 5) is 37.6. The molecule has 0 N–H and O–H groups in total. The zero-order valence-corrected chi connectivity index (χ0v) is 36.0. The minimum Gasteiger partial charge on any atom is -0.462 e. The Morgan fingerprint density at radius 3 is 1.33 bits per heavy atom. The van der Waals surface area contributed by atoms with E-state index < -0.39 is 24.0 Å². The van der Waals surface area contributed by atoms with Gasteiger partial charge < -0.3 is 14.2 Å². The van der Waals surface area contributed by atoms with E-state index in [2.05, 4.69) is 106 Å². The Bertz CT molecular complexity index is 1420. The fraction of sp³-hybridized carbons (Fsp3) is 0.442. The summed E-state index contributed by atoms with van der Waals surface area (Å²) in [6.45, 7) is 6.00. The standard InChI is InChI=1S/C52H74O6/c1-4-7-10-13-16-19-21-23-25-27-28-30-33-36-39-42-45-51(54)57-48-49(47-56-50(53)44-41-38-35-32-18-15-12-9-6-3)58-52(55)46-43-40-37-34-31-29-26-24-22-20-17-14-11-8-5-2/h7-12,14,16-20,22-26,28-32,36,38-39,41,49H,4-6,13,15,21,27,33-35,37,40,42-48H2,1-3H3/b10-7-,11-8-,12-9-,17-14-,19-16-,22-20-,25-23-,26-24-,30-28-,31-29-,32-18-,39-36-,41-38-. The summed E-state index contributed by atoms with van der Waals surface area (Å²) in [5.41, 5.74) is 0. The average molecular weight is 795 g/mol. The maximum Gasteiger partial charge on any atom is 0.309 e. The molecule has 0 bridgehead atoms. The van der Waals surface area contributed by atoms with Crippen LogP contribution in [0.5, 0.6) is 0 Å². The van der Waals surface area contributed by atoms with Gasteiger partial charge in [-0.2, -0.15) is 0 Å². The molecule has 0 aliphatic heterocycles. The highest BCUT2D eigenvalue weighted by molar-refractivity contribution is 5.72. The van der Waals surface area contributed by atoms with Crippen molar-refractivity contribution in [3.05, 3.63) is 158 Å². The quantitative estimate of drug-likeness (QED) is 0.0209. The van der Waals surface area contributed by atoms with Gasteiger partial charge >= 0.3 is 17.9 Å². The lowest BCUT2D eigenvalue weighted by Crippen LogP contribution is -2.30. The molecule has 0 rings (SSSR count). The van der Waals surface area contributed by atoms with E-state index in [1.54, 1.807) is 6.08 Å². The number of carbonyl (C=O) groups excluding carboxylic acids is 3. The molecule has 0 aliphatic carbocycles. The normalized spacial score (nSPS) is 13.6.